The van der Waals surface area contributed by atoms with E-state index < -0.39 is 20.0 Å². The maximum absolute atomic E-state index is 13.0. The highest BCUT2D eigenvalue weighted by Gasteiger charge is 2.28. The van der Waals surface area contributed by atoms with E-state index in [4.69, 9.17) is 9.05 Å². The molecule has 468 valence electrons. The van der Waals surface area contributed by atoms with E-state index in [9.17, 15) is 19.4 Å². The van der Waals surface area contributed by atoms with Crippen LogP contribution in [0, 0.1) is 0 Å². The first-order valence-corrected chi connectivity index (χ1v) is 36.4. The van der Waals surface area contributed by atoms with Crippen molar-refractivity contribution in [3.63, 3.8) is 0 Å². The van der Waals surface area contributed by atoms with E-state index in [0.717, 1.165) is 44.9 Å². The number of allylic oxidation sites excluding steroid dienone is 5. The van der Waals surface area contributed by atoms with E-state index in [2.05, 4.69) is 43.5 Å². The SMILES string of the molecule is CCCCCCCCCCCCC/C=C/CC/C=C/CC/C=C/C(O)C(COP(=O)(O)OCC[N+](C)(C)C)NC(=O)CCCCCCCCCCCCCCCCCCCCCCCCCCCCCCCCCCCCCC. The Balaban J connectivity index is 4.00. The third-order valence-corrected chi connectivity index (χ3v) is 17.1. The third-order valence-electron chi connectivity index (χ3n) is 16.1. The Morgan fingerprint density at radius 1 is 0.418 bits per heavy atom. The van der Waals surface area contributed by atoms with Crippen LogP contribution in [0.4, 0.5) is 0 Å². The minimum absolute atomic E-state index is 0.0553. The van der Waals surface area contributed by atoms with E-state index in [0.29, 0.717) is 17.4 Å². The molecule has 0 rings (SSSR count). The number of aliphatic hydroxyl groups is 1. The molecule has 3 unspecified atom stereocenters. The number of likely N-dealkylation sites (N-methyl/N-ethyl adjacent to an activating group) is 1. The van der Waals surface area contributed by atoms with Crippen molar-refractivity contribution in [2.45, 2.75) is 366 Å². The summed E-state index contributed by atoms with van der Waals surface area (Å²) in [6.45, 7) is 4.84. The zero-order valence-electron chi connectivity index (χ0n) is 53.6. The topological polar surface area (TPSA) is 105 Å². The fourth-order valence-electron chi connectivity index (χ4n) is 10.7. The summed E-state index contributed by atoms with van der Waals surface area (Å²) in [5, 5.41) is 14.0. The van der Waals surface area contributed by atoms with E-state index in [1.165, 1.54) is 289 Å². The molecule has 79 heavy (non-hydrogen) atoms. The molecule has 8 nitrogen and oxygen atoms in total. The first-order valence-electron chi connectivity index (χ1n) is 34.9. The van der Waals surface area contributed by atoms with Crippen LogP contribution in [-0.2, 0) is 18.4 Å². The van der Waals surface area contributed by atoms with Gasteiger partial charge in [-0.3, -0.25) is 13.8 Å². The van der Waals surface area contributed by atoms with Crippen LogP contribution in [0.25, 0.3) is 0 Å². The highest BCUT2D eigenvalue weighted by molar-refractivity contribution is 7.47. The van der Waals surface area contributed by atoms with Gasteiger partial charge >= 0.3 is 7.82 Å². The molecule has 0 aromatic rings. The molecular weight excluding hydrogens is 996 g/mol. The van der Waals surface area contributed by atoms with Crippen molar-refractivity contribution in [3.8, 4) is 0 Å². The fourth-order valence-corrected chi connectivity index (χ4v) is 11.4. The lowest BCUT2D eigenvalue weighted by Crippen LogP contribution is -2.45. The summed E-state index contributed by atoms with van der Waals surface area (Å²) < 4.78 is 23.8. The lowest BCUT2D eigenvalue weighted by atomic mass is 10.0. The number of phosphoric ester groups is 1. The van der Waals surface area contributed by atoms with Gasteiger partial charge in [-0.05, 0) is 44.9 Å². The van der Waals surface area contributed by atoms with Gasteiger partial charge in [0.15, 0.2) is 0 Å². The number of hydrogen-bond donors (Lipinski definition) is 3. The number of quaternary nitrogens is 1. The summed E-state index contributed by atoms with van der Waals surface area (Å²) in [5.74, 6) is -0.184. The predicted molar refractivity (Wildman–Crippen MR) is 346 cm³/mol. The van der Waals surface area contributed by atoms with Gasteiger partial charge in [0.1, 0.15) is 13.2 Å². The maximum atomic E-state index is 13.0. The molecule has 0 spiro atoms. The molecule has 9 heteroatoms. The summed E-state index contributed by atoms with van der Waals surface area (Å²) in [4.78, 5) is 23.4. The largest absolute Gasteiger partial charge is 0.472 e. The lowest BCUT2D eigenvalue weighted by Gasteiger charge is -2.25. The van der Waals surface area contributed by atoms with Crippen molar-refractivity contribution in [1.82, 2.24) is 5.32 Å². The number of rotatable bonds is 65. The van der Waals surface area contributed by atoms with E-state index in [-0.39, 0.29) is 19.1 Å². The Bertz CT molecular complexity index is 1380. The van der Waals surface area contributed by atoms with Crippen LogP contribution in [0.1, 0.15) is 354 Å². The molecule has 0 heterocycles. The monoisotopic (exact) mass is 1130 g/mol. The number of aliphatic hydroxyl groups excluding tert-OH is 1. The Morgan fingerprint density at radius 2 is 0.696 bits per heavy atom. The molecule has 0 fully saturated rings. The third kappa shape index (κ3) is 64.1. The number of nitrogens with one attached hydrogen (secondary N) is 1. The Hall–Kier alpha value is -1.28. The Morgan fingerprint density at radius 3 is 1.01 bits per heavy atom. The summed E-state index contributed by atoms with van der Waals surface area (Å²) in [6.07, 6.45) is 81.7. The molecule has 0 aliphatic heterocycles. The normalized spacial score (nSPS) is 13.9. The molecule has 0 saturated carbocycles. The van der Waals surface area contributed by atoms with Crippen molar-refractivity contribution in [1.29, 1.82) is 0 Å². The Kier molecular flexibility index (Phi) is 60.3. The lowest BCUT2D eigenvalue weighted by molar-refractivity contribution is -0.870. The highest BCUT2D eigenvalue weighted by Crippen LogP contribution is 2.43. The van der Waals surface area contributed by atoms with Crippen LogP contribution < -0.4 is 5.32 Å². The number of hydrogen-bond acceptors (Lipinski definition) is 5. The summed E-state index contributed by atoms with van der Waals surface area (Å²) >= 11 is 0. The second-order valence-corrected chi connectivity index (χ2v) is 26.7. The summed E-state index contributed by atoms with van der Waals surface area (Å²) in [6, 6.07) is -0.869. The van der Waals surface area contributed by atoms with Gasteiger partial charge in [-0.25, -0.2) is 4.57 Å². The summed E-state index contributed by atoms with van der Waals surface area (Å²) in [5.41, 5.74) is 0. The van der Waals surface area contributed by atoms with Crippen molar-refractivity contribution in [2.75, 3.05) is 40.9 Å². The zero-order valence-corrected chi connectivity index (χ0v) is 54.5. The van der Waals surface area contributed by atoms with Crippen LogP contribution >= 0.6 is 7.82 Å². The van der Waals surface area contributed by atoms with Crippen molar-refractivity contribution in [3.05, 3.63) is 36.5 Å². The standard InChI is InChI=1S/C70H137N2O6P/c1-6-8-10-12-14-16-18-20-22-24-26-28-29-30-31-32-33-34-35-36-37-38-39-40-41-42-44-46-48-50-52-54-56-58-60-62-64-70(74)71-68(67-78-79(75,76)77-66-65-72(3,4)5)69(73)63-61-59-57-55-53-51-49-47-45-43-27-25-23-21-19-17-15-13-11-9-7-2/h45,47,53,55,61,63,68-69,73H,6-44,46,48-52,54,56-60,62,64-67H2,1-5H3,(H-,71,74,75,76)/p+1/b47-45+,55-53+,63-61+. The van der Waals surface area contributed by atoms with Gasteiger partial charge in [0.05, 0.1) is 39.9 Å². The first-order chi connectivity index (χ1) is 38.5. The number of amides is 1. The van der Waals surface area contributed by atoms with Crippen molar-refractivity contribution < 1.29 is 32.9 Å². The van der Waals surface area contributed by atoms with Gasteiger partial charge in [-0.15, -0.1) is 0 Å². The number of phosphoric acid groups is 1. The molecule has 0 bridgehead atoms. The average Bonchev–Trinajstić information content (AvgIpc) is 3.42. The molecule has 0 aliphatic carbocycles. The molecule has 0 aromatic heterocycles. The van der Waals surface area contributed by atoms with Crippen LogP contribution in [0.2, 0.25) is 0 Å². The summed E-state index contributed by atoms with van der Waals surface area (Å²) in [7, 11) is 1.56. The van der Waals surface area contributed by atoms with Crippen molar-refractivity contribution >= 4 is 13.7 Å². The van der Waals surface area contributed by atoms with Gasteiger partial charge in [0.2, 0.25) is 5.91 Å². The minimum Gasteiger partial charge on any atom is -0.387 e. The molecule has 0 aliphatic rings. The molecule has 1 amide bonds. The highest BCUT2D eigenvalue weighted by atomic mass is 31.2. The quantitative estimate of drug-likeness (QED) is 0.0243. The first kappa shape index (κ1) is 77.7. The second kappa shape index (κ2) is 61.3. The fraction of sp³-hybridized carbons (Fsp3) is 0.900. The van der Waals surface area contributed by atoms with Gasteiger partial charge in [0, 0.05) is 6.42 Å². The molecule has 0 radical (unpaired) electrons. The number of nitrogens with zero attached hydrogens (tertiary/aromatic N) is 1. The van der Waals surface area contributed by atoms with Gasteiger partial charge < -0.3 is 19.8 Å². The minimum atomic E-state index is -4.36. The second-order valence-electron chi connectivity index (χ2n) is 25.3. The molecule has 3 N–H and O–H groups in total. The van der Waals surface area contributed by atoms with Gasteiger partial charge in [-0.2, -0.15) is 0 Å². The van der Waals surface area contributed by atoms with Gasteiger partial charge in [-0.1, -0.05) is 339 Å². The molecule has 0 saturated heterocycles. The Labute approximate surface area is 493 Å². The van der Waals surface area contributed by atoms with Gasteiger partial charge in [0.25, 0.3) is 0 Å². The average molecular weight is 1130 g/mol. The molecule has 0 aromatic carbocycles. The van der Waals surface area contributed by atoms with Crippen LogP contribution in [0.3, 0.4) is 0 Å². The maximum Gasteiger partial charge on any atom is 0.472 e. The smallest absolute Gasteiger partial charge is 0.387 e. The van der Waals surface area contributed by atoms with Crippen LogP contribution in [0.15, 0.2) is 36.5 Å². The van der Waals surface area contributed by atoms with E-state index in [1.807, 2.05) is 27.2 Å². The van der Waals surface area contributed by atoms with Crippen molar-refractivity contribution in [2.24, 2.45) is 0 Å². The van der Waals surface area contributed by atoms with E-state index in [1.54, 1.807) is 6.08 Å². The number of carbonyl (C=O) groups is 1. The molecular formula is C70H138N2O6P+. The number of carbonyl (C=O) groups excluding carboxylic acids is 1. The number of unbranched alkanes of at least 4 members (excludes halogenated alkanes) is 48. The van der Waals surface area contributed by atoms with Crippen LogP contribution in [-0.4, -0.2) is 73.4 Å². The van der Waals surface area contributed by atoms with E-state index >= 15 is 0 Å². The predicted octanol–water partition coefficient (Wildman–Crippen LogP) is 22.1. The van der Waals surface area contributed by atoms with Crippen LogP contribution in [0.5, 0.6) is 0 Å². The molecule has 3 atom stereocenters. The zero-order chi connectivity index (χ0) is 57.7.